The summed E-state index contributed by atoms with van der Waals surface area (Å²) in [5, 5.41) is 5.94. The molecule has 0 bridgehead atoms. The number of hydrogen-bond donors (Lipinski definition) is 2. The summed E-state index contributed by atoms with van der Waals surface area (Å²) in [6.07, 6.45) is 2.22. The Balaban J connectivity index is 4.68. The van der Waals surface area contributed by atoms with E-state index >= 15 is 0 Å². The summed E-state index contributed by atoms with van der Waals surface area (Å²) in [4.78, 5) is 24.4. The van der Waals surface area contributed by atoms with E-state index in [0.717, 1.165) is 12.8 Å². The first-order valence-electron chi connectivity index (χ1n) is 7.77. The van der Waals surface area contributed by atoms with E-state index in [0.29, 0.717) is 6.42 Å². The molecule has 0 saturated heterocycles. The summed E-state index contributed by atoms with van der Waals surface area (Å²) in [5.41, 5.74) is -0.490. The molecule has 4 heteroatoms. The van der Waals surface area contributed by atoms with Gasteiger partial charge in [0.15, 0.2) is 0 Å². The molecule has 4 nitrogen and oxygen atoms in total. The predicted octanol–water partition coefficient (Wildman–Crippen LogP) is 2.87. The molecule has 2 N–H and O–H groups in total. The Bertz CT molecular complexity index is 328. The van der Waals surface area contributed by atoms with Gasteiger partial charge in [-0.05, 0) is 40.0 Å². The van der Waals surface area contributed by atoms with E-state index in [9.17, 15) is 9.59 Å². The van der Waals surface area contributed by atoms with Crippen molar-refractivity contribution in [1.82, 2.24) is 10.6 Å². The van der Waals surface area contributed by atoms with Gasteiger partial charge in [-0.2, -0.15) is 0 Å². The lowest BCUT2D eigenvalue weighted by molar-refractivity contribution is -0.133. The Morgan fingerprint density at radius 3 is 2.00 bits per heavy atom. The minimum absolute atomic E-state index is 0.0383. The molecule has 0 heterocycles. The van der Waals surface area contributed by atoms with Crippen LogP contribution in [0.5, 0.6) is 0 Å². The SMILES string of the molecule is CCC(C)NC(=O)C(C)CC(C)(CC)C(=O)NC(C)C. The van der Waals surface area contributed by atoms with Gasteiger partial charge in [0.1, 0.15) is 0 Å². The van der Waals surface area contributed by atoms with Gasteiger partial charge in [0.05, 0.1) is 0 Å². The van der Waals surface area contributed by atoms with Crippen LogP contribution < -0.4 is 10.6 Å². The largest absolute Gasteiger partial charge is 0.353 e. The van der Waals surface area contributed by atoms with Crippen LogP contribution in [0.15, 0.2) is 0 Å². The fourth-order valence-corrected chi connectivity index (χ4v) is 2.09. The predicted molar refractivity (Wildman–Crippen MR) is 83.4 cm³/mol. The third-order valence-corrected chi connectivity index (χ3v) is 3.95. The maximum Gasteiger partial charge on any atom is 0.226 e. The minimum atomic E-state index is -0.490. The molecule has 0 radical (unpaired) electrons. The number of hydrogen-bond acceptors (Lipinski definition) is 2. The Labute approximate surface area is 124 Å². The summed E-state index contributed by atoms with van der Waals surface area (Å²) < 4.78 is 0. The van der Waals surface area contributed by atoms with E-state index in [4.69, 9.17) is 0 Å². The van der Waals surface area contributed by atoms with Crippen LogP contribution in [0.25, 0.3) is 0 Å². The second kappa shape index (κ2) is 8.28. The molecule has 0 aliphatic heterocycles. The summed E-state index contributed by atoms with van der Waals surface area (Å²) >= 11 is 0. The van der Waals surface area contributed by atoms with E-state index < -0.39 is 5.41 Å². The first-order valence-corrected chi connectivity index (χ1v) is 7.77. The Kier molecular flexibility index (Phi) is 7.84. The van der Waals surface area contributed by atoms with E-state index in [2.05, 4.69) is 10.6 Å². The highest BCUT2D eigenvalue weighted by atomic mass is 16.2. The molecule has 2 amide bonds. The number of nitrogens with one attached hydrogen (secondary N) is 2. The van der Waals surface area contributed by atoms with Crippen molar-refractivity contribution in [1.29, 1.82) is 0 Å². The topological polar surface area (TPSA) is 58.2 Å². The summed E-state index contributed by atoms with van der Waals surface area (Å²) in [6.45, 7) is 13.8. The van der Waals surface area contributed by atoms with Gasteiger partial charge in [-0.25, -0.2) is 0 Å². The second-order valence-electron chi connectivity index (χ2n) is 6.47. The van der Waals surface area contributed by atoms with Crippen molar-refractivity contribution in [2.45, 2.75) is 79.8 Å². The van der Waals surface area contributed by atoms with Crippen molar-refractivity contribution in [2.75, 3.05) is 0 Å². The molecule has 0 fully saturated rings. The third kappa shape index (κ3) is 5.93. The Morgan fingerprint density at radius 2 is 1.60 bits per heavy atom. The zero-order valence-electron chi connectivity index (χ0n) is 14.2. The molecular formula is C16H32N2O2. The number of carbonyl (C=O) groups excluding carboxylic acids is 2. The maximum absolute atomic E-state index is 12.3. The molecule has 0 rings (SSSR count). The molecule has 3 atom stereocenters. The van der Waals surface area contributed by atoms with Gasteiger partial charge in [-0.3, -0.25) is 9.59 Å². The number of carbonyl (C=O) groups is 2. The van der Waals surface area contributed by atoms with Crippen LogP contribution in [0.3, 0.4) is 0 Å². The van der Waals surface area contributed by atoms with Gasteiger partial charge in [-0.15, -0.1) is 0 Å². The number of rotatable bonds is 8. The van der Waals surface area contributed by atoms with Crippen molar-refractivity contribution in [3.63, 3.8) is 0 Å². The van der Waals surface area contributed by atoms with Crippen molar-refractivity contribution >= 4 is 11.8 Å². The van der Waals surface area contributed by atoms with Crippen LogP contribution >= 0.6 is 0 Å². The van der Waals surface area contributed by atoms with Gasteiger partial charge in [0, 0.05) is 23.4 Å². The first-order chi connectivity index (χ1) is 9.16. The molecule has 0 aliphatic rings. The Morgan fingerprint density at radius 1 is 1.05 bits per heavy atom. The van der Waals surface area contributed by atoms with Crippen LogP contribution in [0.4, 0.5) is 0 Å². The molecule has 0 spiro atoms. The highest BCUT2D eigenvalue weighted by molar-refractivity contribution is 5.84. The van der Waals surface area contributed by atoms with Crippen molar-refractivity contribution < 1.29 is 9.59 Å². The molecule has 118 valence electrons. The second-order valence-corrected chi connectivity index (χ2v) is 6.47. The molecule has 20 heavy (non-hydrogen) atoms. The highest BCUT2D eigenvalue weighted by Crippen LogP contribution is 2.30. The van der Waals surface area contributed by atoms with Crippen molar-refractivity contribution in [3.8, 4) is 0 Å². The summed E-state index contributed by atoms with van der Waals surface area (Å²) in [6, 6.07) is 0.306. The van der Waals surface area contributed by atoms with Crippen LogP contribution in [-0.2, 0) is 9.59 Å². The van der Waals surface area contributed by atoms with E-state index in [1.165, 1.54) is 0 Å². The molecule has 3 unspecified atom stereocenters. The van der Waals surface area contributed by atoms with E-state index in [1.54, 1.807) is 0 Å². The Hall–Kier alpha value is -1.06. The standard InChI is InChI=1S/C16H32N2O2/c1-8-13(6)18-14(19)12(5)10-16(7,9-2)15(20)17-11(3)4/h11-13H,8-10H2,1-7H3,(H,17,20)(H,18,19). The van der Waals surface area contributed by atoms with Gasteiger partial charge >= 0.3 is 0 Å². The summed E-state index contributed by atoms with van der Waals surface area (Å²) in [7, 11) is 0. The fourth-order valence-electron chi connectivity index (χ4n) is 2.09. The van der Waals surface area contributed by atoms with Crippen LogP contribution in [-0.4, -0.2) is 23.9 Å². The maximum atomic E-state index is 12.3. The molecular weight excluding hydrogens is 252 g/mol. The van der Waals surface area contributed by atoms with E-state index in [1.807, 2.05) is 48.5 Å². The zero-order chi connectivity index (χ0) is 15.9. The quantitative estimate of drug-likeness (QED) is 0.720. The van der Waals surface area contributed by atoms with Crippen LogP contribution in [0, 0.1) is 11.3 Å². The lowest BCUT2D eigenvalue weighted by atomic mass is 9.78. The lowest BCUT2D eigenvalue weighted by Gasteiger charge is -2.30. The van der Waals surface area contributed by atoms with Gasteiger partial charge < -0.3 is 10.6 Å². The number of amides is 2. The van der Waals surface area contributed by atoms with Gasteiger partial charge in [0.25, 0.3) is 0 Å². The average molecular weight is 284 g/mol. The van der Waals surface area contributed by atoms with Crippen molar-refractivity contribution in [3.05, 3.63) is 0 Å². The van der Waals surface area contributed by atoms with Gasteiger partial charge in [0.2, 0.25) is 11.8 Å². The minimum Gasteiger partial charge on any atom is -0.353 e. The molecule has 0 aromatic carbocycles. The smallest absolute Gasteiger partial charge is 0.226 e. The zero-order valence-corrected chi connectivity index (χ0v) is 14.2. The lowest BCUT2D eigenvalue weighted by Crippen LogP contribution is -2.45. The first kappa shape index (κ1) is 18.9. The normalized spacial score (nSPS) is 17.2. The average Bonchev–Trinajstić information content (AvgIpc) is 2.37. The molecule has 0 aliphatic carbocycles. The summed E-state index contributed by atoms with van der Waals surface area (Å²) in [5.74, 6) is -0.0820. The molecule has 0 saturated carbocycles. The molecule has 0 aromatic rings. The van der Waals surface area contributed by atoms with Crippen LogP contribution in [0.2, 0.25) is 0 Å². The fraction of sp³-hybridized carbons (Fsp3) is 0.875. The van der Waals surface area contributed by atoms with Crippen LogP contribution in [0.1, 0.15) is 67.7 Å². The monoisotopic (exact) mass is 284 g/mol. The van der Waals surface area contributed by atoms with E-state index in [-0.39, 0.29) is 29.8 Å². The molecule has 0 aromatic heterocycles. The third-order valence-electron chi connectivity index (χ3n) is 3.95. The van der Waals surface area contributed by atoms with Crippen molar-refractivity contribution in [2.24, 2.45) is 11.3 Å². The van der Waals surface area contributed by atoms with Gasteiger partial charge in [-0.1, -0.05) is 27.7 Å². The highest BCUT2D eigenvalue weighted by Gasteiger charge is 2.35.